The van der Waals surface area contributed by atoms with Gasteiger partial charge in [0.15, 0.2) is 10.9 Å². The molecule has 0 radical (unpaired) electrons. The van der Waals surface area contributed by atoms with Crippen LogP contribution in [0.4, 0.5) is 0 Å². The fraction of sp³-hybridized carbons (Fsp3) is 0.588. The van der Waals surface area contributed by atoms with Gasteiger partial charge in [0.25, 0.3) is 0 Å². The fourth-order valence-corrected chi connectivity index (χ4v) is 3.47. The first-order valence-electron chi connectivity index (χ1n) is 8.45. The summed E-state index contributed by atoms with van der Waals surface area (Å²) in [7, 11) is 0. The normalized spacial score (nSPS) is 17.8. The van der Waals surface area contributed by atoms with Crippen LogP contribution in [-0.2, 0) is 16.1 Å². The van der Waals surface area contributed by atoms with Gasteiger partial charge in [-0.25, -0.2) is 0 Å². The number of hydrogen-bond acceptors (Lipinski definition) is 6. The second kappa shape index (κ2) is 7.61. The molecule has 25 heavy (non-hydrogen) atoms. The molecule has 2 aromatic rings. The van der Waals surface area contributed by atoms with Crippen LogP contribution < -0.4 is 5.32 Å². The van der Waals surface area contributed by atoms with Gasteiger partial charge in [-0.05, 0) is 45.7 Å². The largest absolute Gasteiger partial charge is 0.461 e. The Kier molecular flexibility index (Phi) is 5.48. The van der Waals surface area contributed by atoms with Gasteiger partial charge in [-0.1, -0.05) is 11.8 Å². The van der Waals surface area contributed by atoms with E-state index in [0.717, 1.165) is 19.4 Å². The molecule has 7 nitrogen and oxygen atoms in total. The van der Waals surface area contributed by atoms with Gasteiger partial charge in [0.2, 0.25) is 11.7 Å². The standard InChI is InChI=1S/C17H24N4O3S/c1-17(2,3)18-14(22)11-25-16-20-19-15(13-7-5-9-24-13)21(16)10-12-6-4-8-23-12/h5,7,9,12H,4,6,8,10-11H2,1-3H3,(H,18,22). The van der Waals surface area contributed by atoms with Crippen molar-refractivity contribution in [3.63, 3.8) is 0 Å². The fourth-order valence-electron chi connectivity index (χ4n) is 2.72. The van der Waals surface area contributed by atoms with E-state index in [0.29, 0.717) is 29.0 Å². The van der Waals surface area contributed by atoms with Crippen molar-refractivity contribution in [2.75, 3.05) is 12.4 Å². The highest BCUT2D eigenvalue weighted by molar-refractivity contribution is 7.99. The van der Waals surface area contributed by atoms with Crippen molar-refractivity contribution in [1.82, 2.24) is 20.1 Å². The first kappa shape index (κ1) is 18.0. The third-order valence-corrected chi connectivity index (χ3v) is 4.68. The van der Waals surface area contributed by atoms with Crippen LogP contribution in [-0.4, -0.2) is 44.7 Å². The minimum Gasteiger partial charge on any atom is -0.461 e. The summed E-state index contributed by atoms with van der Waals surface area (Å²) >= 11 is 1.38. The first-order valence-corrected chi connectivity index (χ1v) is 9.43. The van der Waals surface area contributed by atoms with E-state index in [4.69, 9.17) is 9.15 Å². The minimum atomic E-state index is -0.248. The second-order valence-corrected chi connectivity index (χ2v) is 8.06. The van der Waals surface area contributed by atoms with Gasteiger partial charge >= 0.3 is 0 Å². The summed E-state index contributed by atoms with van der Waals surface area (Å²) in [6.45, 7) is 7.34. The Bertz CT molecular complexity index is 700. The quantitative estimate of drug-likeness (QED) is 0.794. The Morgan fingerprint density at radius 1 is 1.44 bits per heavy atom. The summed E-state index contributed by atoms with van der Waals surface area (Å²) in [6, 6.07) is 3.68. The smallest absolute Gasteiger partial charge is 0.230 e. The Hall–Kier alpha value is -1.80. The molecule has 8 heteroatoms. The zero-order chi connectivity index (χ0) is 17.9. The third-order valence-electron chi connectivity index (χ3n) is 3.72. The Balaban J connectivity index is 1.75. The highest BCUT2D eigenvalue weighted by atomic mass is 32.2. The van der Waals surface area contributed by atoms with Crippen LogP contribution in [0.3, 0.4) is 0 Å². The monoisotopic (exact) mass is 364 g/mol. The third kappa shape index (κ3) is 4.85. The number of aromatic nitrogens is 3. The highest BCUT2D eigenvalue weighted by Gasteiger charge is 2.23. The van der Waals surface area contributed by atoms with E-state index in [9.17, 15) is 4.79 Å². The van der Waals surface area contributed by atoms with Crippen molar-refractivity contribution >= 4 is 17.7 Å². The minimum absolute atomic E-state index is 0.0243. The molecule has 0 aliphatic carbocycles. The van der Waals surface area contributed by atoms with E-state index in [1.165, 1.54) is 11.8 Å². The van der Waals surface area contributed by atoms with Crippen molar-refractivity contribution in [3.05, 3.63) is 18.4 Å². The number of furan rings is 1. The average molecular weight is 364 g/mol. The molecule has 0 aromatic carbocycles. The molecule has 1 unspecified atom stereocenters. The van der Waals surface area contributed by atoms with Crippen molar-refractivity contribution in [1.29, 1.82) is 0 Å². The van der Waals surface area contributed by atoms with Crippen LogP contribution in [0.1, 0.15) is 33.6 Å². The van der Waals surface area contributed by atoms with Crippen LogP contribution >= 0.6 is 11.8 Å². The molecule has 0 spiro atoms. The number of rotatable bonds is 6. The van der Waals surface area contributed by atoms with Crippen LogP contribution in [0.15, 0.2) is 28.0 Å². The average Bonchev–Trinajstić information content (AvgIpc) is 3.26. The number of nitrogens with zero attached hydrogens (tertiary/aromatic N) is 3. The van der Waals surface area contributed by atoms with E-state index in [-0.39, 0.29) is 17.6 Å². The Morgan fingerprint density at radius 3 is 2.92 bits per heavy atom. The molecule has 0 bridgehead atoms. The van der Waals surface area contributed by atoms with Crippen molar-refractivity contribution < 1.29 is 13.9 Å². The van der Waals surface area contributed by atoms with Crippen LogP contribution in [0, 0.1) is 0 Å². The molecule has 3 heterocycles. The SMILES string of the molecule is CC(C)(C)NC(=O)CSc1nnc(-c2ccco2)n1CC1CCCO1. The molecule has 1 aliphatic heterocycles. The molecule has 1 fully saturated rings. The second-order valence-electron chi connectivity index (χ2n) is 7.12. The lowest BCUT2D eigenvalue weighted by Gasteiger charge is -2.20. The van der Waals surface area contributed by atoms with Gasteiger partial charge in [-0.3, -0.25) is 9.36 Å². The maximum atomic E-state index is 12.1. The molecular weight excluding hydrogens is 340 g/mol. The summed E-state index contributed by atoms with van der Waals surface area (Å²) in [5.74, 6) is 1.60. The Labute approximate surface area is 151 Å². The van der Waals surface area contributed by atoms with E-state index < -0.39 is 0 Å². The lowest BCUT2D eigenvalue weighted by atomic mass is 10.1. The lowest BCUT2D eigenvalue weighted by molar-refractivity contribution is -0.119. The van der Waals surface area contributed by atoms with Crippen molar-refractivity contribution in [3.8, 4) is 11.6 Å². The molecule has 1 N–H and O–H groups in total. The van der Waals surface area contributed by atoms with Gasteiger partial charge in [0.05, 0.1) is 24.7 Å². The van der Waals surface area contributed by atoms with Gasteiger partial charge in [-0.15, -0.1) is 10.2 Å². The van der Waals surface area contributed by atoms with Crippen LogP contribution in [0.25, 0.3) is 11.6 Å². The highest BCUT2D eigenvalue weighted by Crippen LogP contribution is 2.26. The summed E-state index contributed by atoms with van der Waals surface area (Å²) in [4.78, 5) is 12.1. The zero-order valence-corrected chi connectivity index (χ0v) is 15.6. The number of ether oxygens (including phenoxy) is 1. The van der Waals surface area contributed by atoms with E-state index in [1.54, 1.807) is 6.26 Å². The molecule has 0 saturated carbocycles. The molecule has 136 valence electrons. The summed E-state index contributed by atoms with van der Waals surface area (Å²) < 4.78 is 13.2. The van der Waals surface area contributed by atoms with Crippen LogP contribution in [0.5, 0.6) is 0 Å². The molecule has 1 saturated heterocycles. The molecule has 1 amide bonds. The number of hydrogen-bond donors (Lipinski definition) is 1. The van der Waals surface area contributed by atoms with E-state index >= 15 is 0 Å². The number of carbonyl (C=O) groups excluding carboxylic acids is 1. The maximum Gasteiger partial charge on any atom is 0.230 e. The van der Waals surface area contributed by atoms with Crippen molar-refractivity contribution in [2.45, 2.75) is 57.0 Å². The van der Waals surface area contributed by atoms with Gasteiger partial charge < -0.3 is 14.5 Å². The van der Waals surface area contributed by atoms with Crippen molar-refractivity contribution in [2.24, 2.45) is 0 Å². The number of thioether (sulfide) groups is 1. The number of amides is 1. The number of carbonyl (C=O) groups is 1. The summed E-state index contributed by atoms with van der Waals surface area (Å²) in [5, 5.41) is 12.2. The van der Waals surface area contributed by atoms with Gasteiger partial charge in [0.1, 0.15) is 0 Å². The van der Waals surface area contributed by atoms with Gasteiger partial charge in [0, 0.05) is 12.1 Å². The summed E-state index contributed by atoms with van der Waals surface area (Å²) in [5.41, 5.74) is -0.248. The molecule has 1 atom stereocenters. The predicted octanol–water partition coefficient (Wildman–Crippen LogP) is 2.72. The van der Waals surface area contributed by atoms with Crippen LogP contribution in [0.2, 0.25) is 0 Å². The summed E-state index contributed by atoms with van der Waals surface area (Å²) in [6.07, 6.45) is 3.85. The molecular formula is C17H24N4O3S. The number of nitrogens with one attached hydrogen (secondary N) is 1. The predicted molar refractivity (Wildman–Crippen MR) is 95.3 cm³/mol. The molecule has 3 rings (SSSR count). The van der Waals surface area contributed by atoms with Gasteiger partial charge in [-0.2, -0.15) is 0 Å². The lowest BCUT2D eigenvalue weighted by Crippen LogP contribution is -2.41. The topological polar surface area (TPSA) is 82.2 Å². The zero-order valence-electron chi connectivity index (χ0n) is 14.8. The molecule has 2 aromatic heterocycles. The van der Waals surface area contributed by atoms with E-state index in [1.807, 2.05) is 37.5 Å². The first-order chi connectivity index (χ1) is 11.9. The molecule has 1 aliphatic rings. The Morgan fingerprint density at radius 2 is 2.28 bits per heavy atom. The van der Waals surface area contributed by atoms with E-state index in [2.05, 4.69) is 15.5 Å². The maximum absolute atomic E-state index is 12.1.